The highest BCUT2D eigenvalue weighted by molar-refractivity contribution is 6.04. The van der Waals surface area contributed by atoms with Crippen LogP contribution in [0.15, 0.2) is 36.4 Å². The molecule has 2 aromatic carbocycles. The number of hydrogen-bond acceptors (Lipinski definition) is 3. The maximum atomic E-state index is 12.9. The van der Waals surface area contributed by atoms with Gasteiger partial charge < -0.3 is 10.1 Å². The molecule has 0 bridgehead atoms. The third-order valence-electron chi connectivity index (χ3n) is 4.18. The number of anilines is 1. The molecule has 0 radical (unpaired) electrons. The van der Waals surface area contributed by atoms with Crippen molar-refractivity contribution in [2.75, 3.05) is 11.9 Å². The van der Waals surface area contributed by atoms with E-state index in [0.717, 1.165) is 11.1 Å². The first kappa shape index (κ1) is 16.2. The summed E-state index contributed by atoms with van der Waals surface area (Å²) in [5.41, 5.74) is 3.16. The molecule has 1 atom stereocenters. The van der Waals surface area contributed by atoms with Gasteiger partial charge in [-0.25, -0.2) is 4.39 Å². The molecule has 1 unspecified atom stereocenters. The number of amides is 1. The average molecular weight is 327 g/mol. The van der Waals surface area contributed by atoms with Crippen LogP contribution in [0.2, 0.25) is 0 Å². The summed E-state index contributed by atoms with van der Waals surface area (Å²) in [5, 5.41) is 2.62. The van der Waals surface area contributed by atoms with Crippen molar-refractivity contribution in [2.24, 2.45) is 0 Å². The van der Waals surface area contributed by atoms with Crippen molar-refractivity contribution in [1.29, 1.82) is 0 Å². The molecule has 0 saturated carbocycles. The summed E-state index contributed by atoms with van der Waals surface area (Å²) in [6.07, 6.45) is 0.471. The molecule has 0 aliphatic heterocycles. The Morgan fingerprint density at radius 3 is 2.67 bits per heavy atom. The van der Waals surface area contributed by atoms with Crippen molar-refractivity contribution in [3.63, 3.8) is 0 Å². The van der Waals surface area contributed by atoms with Gasteiger partial charge in [0, 0.05) is 12.1 Å². The summed E-state index contributed by atoms with van der Waals surface area (Å²) < 4.78 is 18.4. The molecule has 0 heterocycles. The lowest BCUT2D eigenvalue weighted by Gasteiger charge is -2.13. The summed E-state index contributed by atoms with van der Waals surface area (Å²) in [6, 6.07) is 9.12. The number of ether oxygens (including phenoxy) is 1. The van der Waals surface area contributed by atoms with Crippen molar-refractivity contribution in [3.05, 3.63) is 58.9 Å². The summed E-state index contributed by atoms with van der Waals surface area (Å²) in [7, 11) is 0. The average Bonchev–Trinajstić information content (AvgIpc) is 2.85. The van der Waals surface area contributed by atoms with Crippen LogP contribution in [0.3, 0.4) is 0 Å². The molecule has 0 fully saturated rings. The maximum absolute atomic E-state index is 12.9. The molecule has 3 rings (SSSR count). The number of halogens is 1. The fourth-order valence-electron chi connectivity index (χ4n) is 3.10. The van der Waals surface area contributed by atoms with Gasteiger partial charge in [0.2, 0.25) is 0 Å². The zero-order valence-electron chi connectivity index (χ0n) is 13.6. The Labute approximate surface area is 139 Å². The Morgan fingerprint density at radius 2 is 1.96 bits per heavy atom. The number of hydrogen-bond donors (Lipinski definition) is 1. The van der Waals surface area contributed by atoms with E-state index >= 15 is 0 Å². The highest BCUT2D eigenvalue weighted by Gasteiger charge is 2.31. The van der Waals surface area contributed by atoms with Crippen LogP contribution in [-0.4, -0.2) is 18.3 Å². The summed E-state index contributed by atoms with van der Waals surface area (Å²) in [6.45, 7) is 3.77. The van der Waals surface area contributed by atoms with Crippen LogP contribution in [0.4, 0.5) is 10.1 Å². The number of rotatable bonds is 4. The van der Waals surface area contributed by atoms with Gasteiger partial charge in [-0.1, -0.05) is 13.0 Å². The standard InChI is InChI=1S/C19H18FNO3/c1-11-3-8-16(19-15(22)9-12(2)18(11)19)24-10-17(23)21-14-6-4-13(20)5-7-14/h3-8,12H,9-10H2,1-2H3,(H,21,23). The summed E-state index contributed by atoms with van der Waals surface area (Å²) in [4.78, 5) is 24.2. The molecule has 24 heavy (non-hydrogen) atoms. The summed E-state index contributed by atoms with van der Waals surface area (Å²) >= 11 is 0. The lowest BCUT2D eigenvalue weighted by atomic mass is 9.97. The van der Waals surface area contributed by atoms with Gasteiger partial charge in [-0.05, 0) is 54.3 Å². The fourth-order valence-corrected chi connectivity index (χ4v) is 3.10. The van der Waals surface area contributed by atoms with Gasteiger partial charge in [0.25, 0.3) is 5.91 Å². The first-order valence-corrected chi connectivity index (χ1v) is 7.80. The lowest BCUT2D eigenvalue weighted by Crippen LogP contribution is -2.20. The predicted octanol–water partition coefficient (Wildman–Crippen LogP) is 3.84. The molecule has 124 valence electrons. The van der Waals surface area contributed by atoms with E-state index in [1.807, 2.05) is 19.9 Å². The first-order valence-electron chi connectivity index (χ1n) is 7.80. The molecular weight excluding hydrogens is 309 g/mol. The van der Waals surface area contributed by atoms with E-state index in [0.29, 0.717) is 23.4 Å². The van der Waals surface area contributed by atoms with Gasteiger partial charge in [0.15, 0.2) is 12.4 Å². The van der Waals surface area contributed by atoms with Crippen LogP contribution in [0.1, 0.15) is 40.7 Å². The van der Waals surface area contributed by atoms with Crippen molar-refractivity contribution in [1.82, 2.24) is 0 Å². The van der Waals surface area contributed by atoms with Crippen molar-refractivity contribution in [2.45, 2.75) is 26.2 Å². The van der Waals surface area contributed by atoms with Gasteiger partial charge in [-0.3, -0.25) is 9.59 Å². The van der Waals surface area contributed by atoms with E-state index in [1.54, 1.807) is 6.07 Å². The first-order chi connectivity index (χ1) is 11.5. The normalized spacial score (nSPS) is 16.0. The minimum Gasteiger partial charge on any atom is -0.483 e. The second kappa shape index (κ2) is 6.43. The molecule has 1 amide bonds. The van der Waals surface area contributed by atoms with Crippen LogP contribution in [-0.2, 0) is 4.79 Å². The second-order valence-corrected chi connectivity index (χ2v) is 6.04. The zero-order chi connectivity index (χ0) is 17.3. The molecule has 0 spiro atoms. The van der Waals surface area contributed by atoms with Crippen LogP contribution >= 0.6 is 0 Å². The zero-order valence-corrected chi connectivity index (χ0v) is 13.6. The number of carbonyl (C=O) groups excluding carboxylic acids is 2. The molecule has 0 saturated heterocycles. The quantitative estimate of drug-likeness (QED) is 0.928. The maximum Gasteiger partial charge on any atom is 0.262 e. The number of benzene rings is 2. The SMILES string of the molecule is Cc1ccc(OCC(=O)Nc2ccc(F)cc2)c2c1C(C)CC2=O. The highest BCUT2D eigenvalue weighted by Crippen LogP contribution is 2.40. The van der Waals surface area contributed by atoms with E-state index < -0.39 is 0 Å². The van der Waals surface area contributed by atoms with E-state index in [1.165, 1.54) is 24.3 Å². The Bertz CT molecular complexity index is 799. The van der Waals surface area contributed by atoms with E-state index in [9.17, 15) is 14.0 Å². The number of fused-ring (bicyclic) bond motifs is 1. The molecule has 2 aromatic rings. The largest absolute Gasteiger partial charge is 0.483 e. The Balaban J connectivity index is 1.70. The van der Waals surface area contributed by atoms with Gasteiger partial charge >= 0.3 is 0 Å². The molecule has 0 aromatic heterocycles. The Hall–Kier alpha value is -2.69. The van der Waals surface area contributed by atoms with Gasteiger partial charge in [-0.15, -0.1) is 0 Å². The molecule has 1 aliphatic carbocycles. The fraction of sp³-hybridized carbons (Fsp3) is 0.263. The minimum atomic E-state index is -0.368. The van der Waals surface area contributed by atoms with Crippen molar-refractivity contribution >= 4 is 17.4 Å². The van der Waals surface area contributed by atoms with E-state index in [4.69, 9.17) is 4.74 Å². The highest BCUT2D eigenvalue weighted by atomic mass is 19.1. The Kier molecular flexibility index (Phi) is 4.34. The number of carbonyl (C=O) groups is 2. The number of Topliss-reactive ketones (excluding diaryl/α,β-unsaturated/α-hetero) is 1. The third kappa shape index (κ3) is 3.15. The molecule has 4 nitrogen and oxygen atoms in total. The van der Waals surface area contributed by atoms with Gasteiger partial charge in [-0.2, -0.15) is 0 Å². The lowest BCUT2D eigenvalue weighted by molar-refractivity contribution is -0.118. The number of ketones is 1. The predicted molar refractivity (Wildman–Crippen MR) is 89.1 cm³/mol. The third-order valence-corrected chi connectivity index (χ3v) is 4.18. The minimum absolute atomic E-state index is 0.0511. The van der Waals surface area contributed by atoms with Crippen LogP contribution < -0.4 is 10.1 Å². The van der Waals surface area contributed by atoms with Crippen LogP contribution in [0.5, 0.6) is 5.75 Å². The van der Waals surface area contributed by atoms with E-state index in [2.05, 4.69) is 5.32 Å². The van der Waals surface area contributed by atoms with Crippen LogP contribution in [0.25, 0.3) is 0 Å². The van der Waals surface area contributed by atoms with Gasteiger partial charge in [0.05, 0.1) is 5.56 Å². The second-order valence-electron chi connectivity index (χ2n) is 6.04. The molecular formula is C19H18FNO3. The molecule has 1 N–H and O–H groups in total. The van der Waals surface area contributed by atoms with E-state index in [-0.39, 0.29) is 30.0 Å². The molecule has 1 aliphatic rings. The van der Waals surface area contributed by atoms with Crippen LogP contribution in [0, 0.1) is 12.7 Å². The van der Waals surface area contributed by atoms with Gasteiger partial charge in [0.1, 0.15) is 11.6 Å². The monoisotopic (exact) mass is 327 g/mol. The smallest absolute Gasteiger partial charge is 0.262 e. The summed E-state index contributed by atoms with van der Waals surface area (Å²) in [5.74, 6) is -0.0695. The molecule has 5 heteroatoms. The number of nitrogens with one attached hydrogen (secondary N) is 1. The van der Waals surface area contributed by atoms with Crippen molar-refractivity contribution in [3.8, 4) is 5.75 Å². The topological polar surface area (TPSA) is 55.4 Å². The Morgan fingerprint density at radius 1 is 1.25 bits per heavy atom. The number of aryl methyl sites for hydroxylation is 1. The van der Waals surface area contributed by atoms with Crippen molar-refractivity contribution < 1.29 is 18.7 Å².